The lowest BCUT2D eigenvalue weighted by Gasteiger charge is -2.21. The van der Waals surface area contributed by atoms with Crippen LogP contribution in [0.15, 0.2) is 34.5 Å². The number of hydrogen-bond acceptors (Lipinski definition) is 4. The minimum absolute atomic E-state index is 0.0251. The molecule has 0 spiro atoms. The van der Waals surface area contributed by atoms with Gasteiger partial charge in [0, 0.05) is 0 Å². The maximum absolute atomic E-state index is 12.7. The van der Waals surface area contributed by atoms with Gasteiger partial charge in [0.1, 0.15) is 4.88 Å². The number of carbonyl (C=O) groups is 1. The molecular formula is C17H21NO4S2. The van der Waals surface area contributed by atoms with Gasteiger partial charge in [0.15, 0.2) is 0 Å². The quantitative estimate of drug-likeness (QED) is 0.833. The third-order valence-corrected chi connectivity index (χ3v) is 6.07. The topological polar surface area (TPSA) is 83.5 Å². The standard InChI is InChI=1S/C17H21NO4S2/c1-5-11-10-12(17(2,3)4)6-7-14(11)24(21,22)18-13-8-9-23-15(13)16(19)20/h6-10,18H,5H2,1-4H3,(H,19,20). The molecule has 0 aliphatic carbocycles. The van der Waals surface area contributed by atoms with Crippen LogP contribution in [0.2, 0.25) is 0 Å². The first-order valence-corrected chi connectivity index (χ1v) is 9.89. The van der Waals surface area contributed by atoms with Gasteiger partial charge < -0.3 is 5.11 Å². The minimum atomic E-state index is -3.85. The van der Waals surface area contributed by atoms with E-state index in [2.05, 4.69) is 25.5 Å². The number of rotatable bonds is 5. The van der Waals surface area contributed by atoms with Crippen molar-refractivity contribution in [3.8, 4) is 0 Å². The molecule has 0 bridgehead atoms. The molecule has 7 heteroatoms. The summed E-state index contributed by atoms with van der Waals surface area (Å²) in [5, 5.41) is 10.7. The van der Waals surface area contributed by atoms with Crippen molar-refractivity contribution in [1.29, 1.82) is 0 Å². The highest BCUT2D eigenvalue weighted by atomic mass is 32.2. The molecule has 0 radical (unpaired) electrons. The molecule has 0 saturated carbocycles. The summed E-state index contributed by atoms with van der Waals surface area (Å²) in [6.07, 6.45) is 0.565. The summed E-state index contributed by atoms with van der Waals surface area (Å²) in [7, 11) is -3.85. The minimum Gasteiger partial charge on any atom is -0.477 e. The zero-order valence-corrected chi connectivity index (χ0v) is 15.7. The number of nitrogens with one attached hydrogen (secondary N) is 1. The van der Waals surface area contributed by atoms with E-state index in [-0.39, 0.29) is 20.9 Å². The molecule has 24 heavy (non-hydrogen) atoms. The SMILES string of the molecule is CCc1cc(C(C)(C)C)ccc1S(=O)(=O)Nc1ccsc1C(=O)O. The molecule has 1 heterocycles. The Kier molecular flexibility index (Phi) is 5.05. The molecule has 1 aromatic heterocycles. The lowest BCUT2D eigenvalue weighted by atomic mass is 9.86. The predicted molar refractivity (Wildman–Crippen MR) is 96.6 cm³/mol. The van der Waals surface area contributed by atoms with Gasteiger partial charge >= 0.3 is 5.97 Å². The van der Waals surface area contributed by atoms with E-state index >= 15 is 0 Å². The van der Waals surface area contributed by atoms with Crippen LogP contribution in [0, 0.1) is 0 Å². The third-order valence-electron chi connectivity index (χ3n) is 3.70. The number of thiophene rings is 1. The average Bonchev–Trinajstić information content (AvgIpc) is 2.93. The van der Waals surface area contributed by atoms with Crippen LogP contribution in [0.4, 0.5) is 5.69 Å². The van der Waals surface area contributed by atoms with Crippen molar-refractivity contribution >= 4 is 33.0 Å². The first-order valence-electron chi connectivity index (χ1n) is 7.53. The molecule has 2 rings (SSSR count). The van der Waals surface area contributed by atoms with E-state index in [9.17, 15) is 13.2 Å². The van der Waals surface area contributed by atoms with Crippen LogP contribution in [0.25, 0.3) is 0 Å². The summed E-state index contributed by atoms with van der Waals surface area (Å²) in [5.41, 5.74) is 1.78. The largest absolute Gasteiger partial charge is 0.477 e. The first kappa shape index (κ1) is 18.5. The smallest absolute Gasteiger partial charge is 0.348 e. The number of aromatic carboxylic acids is 1. The lowest BCUT2D eigenvalue weighted by Crippen LogP contribution is -2.18. The van der Waals surface area contributed by atoms with E-state index in [4.69, 9.17) is 5.11 Å². The Hall–Kier alpha value is -1.86. The molecule has 2 aromatic rings. The van der Waals surface area contributed by atoms with Crippen molar-refractivity contribution in [2.24, 2.45) is 0 Å². The van der Waals surface area contributed by atoms with E-state index in [0.717, 1.165) is 16.9 Å². The molecule has 0 amide bonds. The molecule has 1 aromatic carbocycles. The van der Waals surface area contributed by atoms with Gasteiger partial charge in [0.2, 0.25) is 0 Å². The zero-order chi connectivity index (χ0) is 18.1. The summed E-state index contributed by atoms with van der Waals surface area (Å²) >= 11 is 0.983. The van der Waals surface area contributed by atoms with Crippen molar-refractivity contribution < 1.29 is 18.3 Å². The number of carboxylic acids is 1. The van der Waals surface area contributed by atoms with E-state index in [1.807, 2.05) is 13.0 Å². The molecule has 0 atom stereocenters. The Balaban J connectivity index is 2.46. The Labute approximate surface area is 146 Å². The van der Waals surface area contributed by atoms with E-state index < -0.39 is 16.0 Å². The van der Waals surface area contributed by atoms with Crippen molar-refractivity contribution in [2.75, 3.05) is 4.72 Å². The van der Waals surface area contributed by atoms with Crippen LogP contribution < -0.4 is 4.72 Å². The maximum atomic E-state index is 12.7. The van der Waals surface area contributed by atoms with Gasteiger partial charge in [-0.15, -0.1) is 11.3 Å². The fraction of sp³-hybridized carbons (Fsp3) is 0.353. The van der Waals surface area contributed by atoms with Gasteiger partial charge in [0.25, 0.3) is 10.0 Å². The first-order chi connectivity index (χ1) is 11.1. The number of aryl methyl sites for hydroxylation is 1. The van der Waals surface area contributed by atoms with Crippen LogP contribution in [0.1, 0.15) is 48.5 Å². The van der Waals surface area contributed by atoms with Gasteiger partial charge in [-0.3, -0.25) is 4.72 Å². The second-order valence-corrected chi connectivity index (χ2v) is 9.07. The molecule has 0 saturated heterocycles. The molecular weight excluding hydrogens is 346 g/mol. The van der Waals surface area contributed by atoms with E-state index in [1.54, 1.807) is 17.5 Å². The maximum Gasteiger partial charge on any atom is 0.348 e. The summed E-state index contributed by atoms with van der Waals surface area (Å²) in [6.45, 7) is 8.10. The molecule has 0 unspecified atom stereocenters. The van der Waals surface area contributed by atoms with Gasteiger partial charge in [-0.1, -0.05) is 39.8 Å². The van der Waals surface area contributed by atoms with Gasteiger partial charge in [0.05, 0.1) is 10.6 Å². The molecule has 2 N–H and O–H groups in total. The number of sulfonamides is 1. The van der Waals surface area contributed by atoms with Crippen LogP contribution >= 0.6 is 11.3 Å². The molecule has 5 nitrogen and oxygen atoms in total. The Morgan fingerprint density at radius 1 is 1.25 bits per heavy atom. The Bertz CT molecular complexity index is 861. The Morgan fingerprint density at radius 3 is 2.46 bits per heavy atom. The molecule has 130 valence electrons. The summed E-state index contributed by atoms with van der Waals surface area (Å²) in [4.78, 5) is 11.3. The molecule has 0 aliphatic heterocycles. The van der Waals surface area contributed by atoms with E-state index in [1.165, 1.54) is 6.07 Å². The summed E-state index contributed by atoms with van der Waals surface area (Å²) in [5.74, 6) is -1.15. The highest BCUT2D eigenvalue weighted by Gasteiger charge is 2.23. The lowest BCUT2D eigenvalue weighted by molar-refractivity contribution is 0.0703. The normalized spacial score (nSPS) is 12.2. The highest BCUT2D eigenvalue weighted by molar-refractivity contribution is 7.92. The van der Waals surface area contributed by atoms with Crippen molar-refractivity contribution in [2.45, 2.75) is 44.4 Å². The number of anilines is 1. The number of hydrogen-bond donors (Lipinski definition) is 2. The van der Waals surface area contributed by atoms with Crippen molar-refractivity contribution in [1.82, 2.24) is 0 Å². The zero-order valence-electron chi connectivity index (χ0n) is 14.1. The monoisotopic (exact) mass is 367 g/mol. The van der Waals surface area contributed by atoms with Crippen LogP contribution in [-0.2, 0) is 21.9 Å². The number of carboxylic acid groups (broad SMARTS) is 1. The van der Waals surface area contributed by atoms with Crippen LogP contribution in [0.3, 0.4) is 0 Å². The fourth-order valence-corrected chi connectivity index (χ4v) is 4.46. The third kappa shape index (κ3) is 3.79. The number of benzene rings is 1. The van der Waals surface area contributed by atoms with E-state index in [0.29, 0.717) is 12.0 Å². The van der Waals surface area contributed by atoms with Gasteiger partial charge in [-0.25, -0.2) is 13.2 Å². The fourth-order valence-electron chi connectivity index (χ4n) is 2.34. The average molecular weight is 367 g/mol. The Morgan fingerprint density at radius 2 is 1.92 bits per heavy atom. The predicted octanol–water partition coefficient (Wildman–Crippen LogP) is 4.11. The van der Waals surface area contributed by atoms with Crippen LogP contribution in [0.5, 0.6) is 0 Å². The van der Waals surface area contributed by atoms with Gasteiger partial charge in [-0.2, -0.15) is 0 Å². The van der Waals surface area contributed by atoms with Crippen molar-refractivity contribution in [3.63, 3.8) is 0 Å². The second-order valence-electron chi connectivity index (χ2n) is 6.50. The van der Waals surface area contributed by atoms with Crippen LogP contribution in [-0.4, -0.2) is 19.5 Å². The second kappa shape index (κ2) is 6.57. The molecule has 0 aliphatic rings. The van der Waals surface area contributed by atoms with Crippen molar-refractivity contribution in [3.05, 3.63) is 45.6 Å². The van der Waals surface area contributed by atoms with Gasteiger partial charge in [-0.05, 0) is 40.5 Å². The summed E-state index contributed by atoms with van der Waals surface area (Å²) < 4.78 is 27.8. The highest BCUT2D eigenvalue weighted by Crippen LogP contribution is 2.29. The summed E-state index contributed by atoms with van der Waals surface area (Å²) in [6, 6.07) is 6.76. The molecule has 0 fully saturated rings.